The van der Waals surface area contributed by atoms with Crippen molar-refractivity contribution in [2.75, 3.05) is 0 Å². The summed E-state index contributed by atoms with van der Waals surface area (Å²) in [4.78, 5) is 37.0. The van der Waals surface area contributed by atoms with Crippen LogP contribution in [0.4, 0.5) is 0 Å². The van der Waals surface area contributed by atoms with E-state index in [9.17, 15) is 14.4 Å². The molecule has 0 radical (unpaired) electrons. The first-order valence-corrected chi connectivity index (χ1v) is 10.1. The van der Waals surface area contributed by atoms with E-state index in [2.05, 4.69) is 17.3 Å². The number of carboxylic acids is 1. The lowest BCUT2D eigenvalue weighted by Gasteiger charge is -2.37. The molecule has 1 aromatic heterocycles. The number of rotatable bonds is 4. The number of allylic oxidation sites excluding steroid dienone is 2. The molecule has 1 aromatic carbocycles. The maximum Gasteiger partial charge on any atom is 0.335 e. The number of hydrogen-bond donors (Lipinski definition) is 1. The second kappa shape index (κ2) is 6.01. The fourth-order valence-electron chi connectivity index (χ4n) is 5.55. The largest absolute Gasteiger partial charge is 0.478 e. The number of carboxylic acid groups (broad SMARTS) is 1. The number of carbonyl (C=O) groups excluding carboxylic acids is 2. The Bertz CT molecular complexity index is 1130. The van der Waals surface area contributed by atoms with Crippen LogP contribution in [0.1, 0.15) is 22.5 Å². The fourth-order valence-corrected chi connectivity index (χ4v) is 5.55. The standard InChI is InChI=1S/C23H18N2O5/c26-21-19-14-5-6-15(17-9-16(14)17)20(19)22(27)25(21)24-10-13-4-7-18(30-13)11-2-1-3-12(8-11)23(28)29/h1-8,10,14-17,19-20H,9H2,(H,28,29)/b24-10-/t14-,15-,16-,17-,19-,20+/m1/s1. The minimum Gasteiger partial charge on any atom is -0.478 e. The molecule has 0 unspecified atom stereocenters. The van der Waals surface area contributed by atoms with Gasteiger partial charge in [-0.2, -0.15) is 10.1 Å². The molecule has 2 heterocycles. The van der Waals surface area contributed by atoms with Crippen molar-refractivity contribution in [3.05, 3.63) is 59.9 Å². The van der Waals surface area contributed by atoms with Crippen molar-refractivity contribution in [3.8, 4) is 11.3 Å². The summed E-state index contributed by atoms with van der Waals surface area (Å²) in [7, 11) is 0. The summed E-state index contributed by atoms with van der Waals surface area (Å²) in [5.41, 5.74) is 0.784. The van der Waals surface area contributed by atoms with E-state index in [0.717, 1.165) is 11.4 Å². The average Bonchev–Trinajstić information content (AvgIpc) is 3.39. The molecule has 7 nitrogen and oxygen atoms in total. The summed E-state index contributed by atoms with van der Waals surface area (Å²) in [6.07, 6.45) is 6.75. The highest BCUT2D eigenvalue weighted by atomic mass is 16.4. The molecule has 1 N–H and O–H groups in total. The Hall–Kier alpha value is -3.48. The Balaban J connectivity index is 1.24. The molecule has 3 fully saturated rings. The van der Waals surface area contributed by atoms with Gasteiger partial charge in [-0.1, -0.05) is 24.3 Å². The Morgan fingerprint density at radius 3 is 2.43 bits per heavy atom. The summed E-state index contributed by atoms with van der Waals surface area (Å²) in [6.45, 7) is 0. The molecular weight excluding hydrogens is 384 g/mol. The Morgan fingerprint density at radius 2 is 1.77 bits per heavy atom. The van der Waals surface area contributed by atoms with Crippen LogP contribution < -0.4 is 0 Å². The van der Waals surface area contributed by atoms with Crippen molar-refractivity contribution in [3.63, 3.8) is 0 Å². The zero-order valence-electron chi connectivity index (χ0n) is 15.8. The van der Waals surface area contributed by atoms with E-state index in [0.29, 0.717) is 28.9 Å². The first-order valence-electron chi connectivity index (χ1n) is 10.1. The number of amides is 2. The van der Waals surface area contributed by atoms with E-state index in [1.807, 2.05) is 0 Å². The van der Waals surface area contributed by atoms with E-state index in [4.69, 9.17) is 9.52 Å². The van der Waals surface area contributed by atoms with Gasteiger partial charge in [0.15, 0.2) is 0 Å². The maximum atomic E-state index is 12.9. The van der Waals surface area contributed by atoms with Crippen molar-refractivity contribution in [2.45, 2.75) is 6.42 Å². The number of imide groups is 1. The van der Waals surface area contributed by atoms with Gasteiger partial charge in [0.2, 0.25) is 0 Å². The van der Waals surface area contributed by atoms with Gasteiger partial charge in [0, 0.05) is 5.56 Å². The first kappa shape index (κ1) is 17.4. The molecule has 7 heteroatoms. The number of nitrogens with zero attached hydrogens (tertiary/aromatic N) is 2. The van der Waals surface area contributed by atoms with Gasteiger partial charge >= 0.3 is 5.97 Å². The van der Waals surface area contributed by atoms with Gasteiger partial charge in [-0.3, -0.25) is 9.59 Å². The Kier molecular flexibility index (Phi) is 3.48. The summed E-state index contributed by atoms with van der Waals surface area (Å²) in [6, 6.07) is 9.80. The highest BCUT2D eigenvalue weighted by Crippen LogP contribution is 2.65. The lowest BCUT2D eigenvalue weighted by molar-refractivity contribution is -0.140. The normalized spacial score (nSPS) is 33.3. The summed E-state index contributed by atoms with van der Waals surface area (Å²) in [5.74, 6) is 0.292. The van der Waals surface area contributed by atoms with E-state index >= 15 is 0 Å². The molecule has 2 amide bonds. The summed E-state index contributed by atoms with van der Waals surface area (Å²) in [5, 5.41) is 14.3. The molecule has 1 aliphatic heterocycles. The van der Waals surface area contributed by atoms with E-state index in [1.165, 1.54) is 18.3 Å². The van der Waals surface area contributed by atoms with Crippen molar-refractivity contribution in [2.24, 2.45) is 40.6 Å². The summed E-state index contributed by atoms with van der Waals surface area (Å²) >= 11 is 0. The number of hydrazone groups is 1. The average molecular weight is 402 g/mol. The van der Waals surface area contributed by atoms with Crippen LogP contribution in [0.25, 0.3) is 11.3 Å². The van der Waals surface area contributed by atoms with Crippen LogP contribution in [0.3, 0.4) is 0 Å². The molecule has 4 aliphatic carbocycles. The van der Waals surface area contributed by atoms with Crippen LogP contribution in [0.5, 0.6) is 0 Å². The van der Waals surface area contributed by atoms with Crippen LogP contribution in [-0.4, -0.2) is 34.1 Å². The number of aromatic carboxylic acids is 1. The van der Waals surface area contributed by atoms with Crippen molar-refractivity contribution < 1.29 is 23.9 Å². The third-order valence-corrected chi connectivity index (χ3v) is 6.96. The van der Waals surface area contributed by atoms with Crippen LogP contribution >= 0.6 is 0 Å². The molecular formula is C23H18N2O5. The van der Waals surface area contributed by atoms with Crippen molar-refractivity contribution in [1.29, 1.82) is 0 Å². The first-order chi connectivity index (χ1) is 14.5. The molecule has 2 bridgehead atoms. The molecule has 5 aliphatic rings. The monoisotopic (exact) mass is 402 g/mol. The number of hydrogen-bond acceptors (Lipinski definition) is 5. The van der Waals surface area contributed by atoms with Gasteiger partial charge in [0.05, 0.1) is 23.6 Å². The topological polar surface area (TPSA) is 100 Å². The van der Waals surface area contributed by atoms with Crippen molar-refractivity contribution >= 4 is 24.0 Å². The van der Waals surface area contributed by atoms with Crippen LogP contribution in [-0.2, 0) is 9.59 Å². The lowest BCUT2D eigenvalue weighted by atomic mass is 9.63. The molecule has 2 saturated carbocycles. The van der Waals surface area contributed by atoms with Gasteiger partial charge in [0.1, 0.15) is 11.5 Å². The second-order valence-electron chi connectivity index (χ2n) is 8.48. The van der Waals surface area contributed by atoms with Gasteiger partial charge in [-0.25, -0.2) is 4.79 Å². The van der Waals surface area contributed by atoms with Crippen LogP contribution in [0.15, 0.2) is 58.1 Å². The highest BCUT2D eigenvalue weighted by molar-refractivity contribution is 6.06. The number of furan rings is 1. The predicted molar refractivity (Wildman–Crippen MR) is 105 cm³/mol. The zero-order chi connectivity index (χ0) is 20.6. The van der Waals surface area contributed by atoms with Crippen LogP contribution in [0.2, 0.25) is 0 Å². The Labute approximate surface area is 171 Å². The maximum absolute atomic E-state index is 12.9. The van der Waals surface area contributed by atoms with Gasteiger partial charge < -0.3 is 9.52 Å². The molecule has 7 rings (SSSR count). The third-order valence-electron chi connectivity index (χ3n) is 6.96. The number of benzene rings is 1. The molecule has 1 saturated heterocycles. The van der Waals surface area contributed by atoms with E-state index in [-0.39, 0.29) is 41.0 Å². The van der Waals surface area contributed by atoms with Crippen LogP contribution in [0, 0.1) is 35.5 Å². The van der Waals surface area contributed by atoms with Gasteiger partial charge in [-0.15, -0.1) is 0 Å². The molecule has 30 heavy (non-hydrogen) atoms. The highest BCUT2D eigenvalue weighted by Gasteiger charge is 2.67. The van der Waals surface area contributed by atoms with Gasteiger partial charge in [-0.05, 0) is 54.4 Å². The molecule has 0 spiro atoms. The fraction of sp³-hybridized carbons (Fsp3) is 0.304. The smallest absolute Gasteiger partial charge is 0.335 e. The second-order valence-corrected chi connectivity index (χ2v) is 8.48. The van der Waals surface area contributed by atoms with Crippen molar-refractivity contribution in [1.82, 2.24) is 5.01 Å². The van der Waals surface area contributed by atoms with Gasteiger partial charge in [0.25, 0.3) is 11.8 Å². The molecule has 150 valence electrons. The predicted octanol–water partition coefficient (Wildman–Crippen LogP) is 3.03. The SMILES string of the molecule is O=C(O)c1cccc(-c2ccc(/C=N\N3C(=O)[C@@H]4[C@@H]5C=C[C@H]([C@H]6C[C@H]56)[C@@H]4C3=O)o2)c1. The molecule has 2 aromatic rings. The van der Waals surface area contributed by atoms with E-state index in [1.54, 1.807) is 24.3 Å². The summed E-state index contributed by atoms with van der Waals surface area (Å²) < 4.78 is 5.73. The minimum atomic E-state index is -1.01. The molecule has 6 atom stereocenters. The number of carbonyl (C=O) groups is 3. The Morgan fingerprint density at radius 1 is 1.07 bits per heavy atom. The lowest BCUT2D eigenvalue weighted by Crippen LogP contribution is -2.40. The minimum absolute atomic E-state index is 0.163. The van der Waals surface area contributed by atoms with E-state index < -0.39 is 5.97 Å². The zero-order valence-corrected chi connectivity index (χ0v) is 15.8. The third kappa shape index (κ3) is 2.38. The quantitative estimate of drug-likeness (QED) is 0.481.